The van der Waals surface area contributed by atoms with Crippen molar-refractivity contribution in [2.24, 2.45) is 0 Å². The van der Waals surface area contributed by atoms with Gasteiger partial charge in [0.1, 0.15) is 0 Å². The number of piperidine rings is 1. The fourth-order valence-electron chi connectivity index (χ4n) is 2.16. The van der Waals surface area contributed by atoms with Crippen molar-refractivity contribution in [1.82, 2.24) is 4.90 Å². The molecule has 0 aromatic rings. The Morgan fingerprint density at radius 1 is 1.46 bits per heavy atom. The smallest absolute Gasteiger partial charge is 0.0605 e. The largest absolute Gasteiger partial charge is 0.375 e. The Morgan fingerprint density at radius 2 is 2.15 bits per heavy atom. The molecule has 1 aliphatic rings. The molecule has 0 spiro atoms. The summed E-state index contributed by atoms with van der Waals surface area (Å²) in [5.41, 5.74) is 0. The van der Waals surface area contributed by atoms with Gasteiger partial charge in [-0.3, -0.25) is 0 Å². The van der Waals surface area contributed by atoms with Crippen LogP contribution in [0.4, 0.5) is 0 Å². The van der Waals surface area contributed by atoms with Gasteiger partial charge >= 0.3 is 0 Å². The van der Waals surface area contributed by atoms with Crippen molar-refractivity contribution < 1.29 is 4.74 Å². The zero-order valence-electron chi connectivity index (χ0n) is 9.42. The lowest BCUT2D eigenvalue weighted by atomic mass is 10.0. The maximum Gasteiger partial charge on any atom is 0.0605 e. The highest BCUT2D eigenvalue weighted by Gasteiger charge is 2.24. The van der Waals surface area contributed by atoms with Crippen LogP contribution in [-0.2, 0) is 4.74 Å². The molecule has 13 heavy (non-hydrogen) atoms. The third kappa shape index (κ3) is 3.28. The molecule has 1 heterocycles. The summed E-state index contributed by atoms with van der Waals surface area (Å²) in [6.45, 7) is 11.2. The minimum atomic E-state index is 0.380. The first kappa shape index (κ1) is 11.0. The van der Waals surface area contributed by atoms with E-state index in [0.29, 0.717) is 18.2 Å². The first-order valence-corrected chi connectivity index (χ1v) is 5.53. The van der Waals surface area contributed by atoms with E-state index in [1.165, 1.54) is 25.9 Å². The van der Waals surface area contributed by atoms with Crippen molar-refractivity contribution in [3.8, 4) is 0 Å². The SMILES string of the molecule is CCN1CC[C@@H](OC(C)C)C[C@H]1C. The predicted molar refractivity (Wildman–Crippen MR) is 56.0 cm³/mol. The molecule has 0 aromatic heterocycles. The van der Waals surface area contributed by atoms with Crippen molar-refractivity contribution in [1.29, 1.82) is 0 Å². The highest BCUT2D eigenvalue weighted by molar-refractivity contribution is 4.78. The quantitative estimate of drug-likeness (QED) is 0.669. The molecule has 2 nitrogen and oxygen atoms in total. The summed E-state index contributed by atoms with van der Waals surface area (Å²) in [7, 11) is 0. The van der Waals surface area contributed by atoms with Crippen LogP contribution in [0.2, 0.25) is 0 Å². The van der Waals surface area contributed by atoms with Crippen LogP contribution in [0.3, 0.4) is 0 Å². The molecule has 0 amide bonds. The van der Waals surface area contributed by atoms with Gasteiger partial charge < -0.3 is 9.64 Å². The summed E-state index contributed by atoms with van der Waals surface area (Å²) in [6, 6.07) is 0.697. The summed E-state index contributed by atoms with van der Waals surface area (Å²) in [6.07, 6.45) is 3.28. The Labute approximate surface area is 82.3 Å². The van der Waals surface area contributed by atoms with Gasteiger partial charge in [-0.15, -0.1) is 0 Å². The van der Waals surface area contributed by atoms with Crippen LogP contribution < -0.4 is 0 Å². The topological polar surface area (TPSA) is 12.5 Å². The Hall–Kier alpha value is -0.0800. The molecule has 0 unspecified atom stereocenters. The van der Waals surface area contributed by atoms with Gasteiger partial charge in [-0.1, -0.05) is 6.92 Å². The van der Waals surface area contributed by atoms with Crippen LogP contribution in [-0.4, -0.2) is 36.2 Å². The highest BCUT2D eigenvalue weighted by atomic mass is 16.5. The molecule has 1 aliphatic heterocycles. The normalized spacial score (nSPS) is 31.2. The summed E-state index contributed by atoms with van der Waals surface area (Å²) < 4.78 is 5.83. The standard InChI is InChI=1S/C11H23NO/c1-5-12-7-6-11(8-10(12)4)13-9(2)3/h9-11H,5-8H2,1-4H3/t10-,11-/m1/s1. The van der Waals surface area contributed by atoms with Gasteiger partial charge in [0.25, 0.3) is 0 Å². The number of hydrogen-bond donors (Lipinski definition) is 0. The summed E-state index contributed by atoms with van der Waals surface area (Å²) in [5, 5.41) is 0. The van der Waals surface area contributed by atoms with E-state index in [-0.39, 0.29) is 0 Å². The van der Waals surface area contributed by atoms with Crippen molar-refractivity contribution >= 4 is 0 Å². The molecule has 0 N–H and O–H groups in total. The van der Waals surface area contributed by atoms with Gasteiger partial charge in [-0.25, -0.2) is 0 Å². The Balaban J connectivity index is 2.32. The number of hydrogen-bond acceptors (Lipinski definition) is 2. The van der Waals surface area contributed by atoms with Crippen LogP contribution in [0.25, 0.3) is 0 Å². The second-order valence-electron chi connectivity index (χ2n) is 4.31. The minimum Gasteiger partial charge on any atom is -0.375 e. The van der Waals surface area contributed by atoms with Crippen LogP contribution in [0, 0.1) is 0 Å². The van der Waals surface area contributed by atoms with E-state index in [1.807, 2.05) is 0 Å². The Kier molecular flexibility index (Phi) is 4.20. The molecular formula is C11H23NO. The second kappa shape index (κ2) is 4.97. The van der Waals surface area contributed by atoms with Crippen molar-refractivity contribution in [2.45, 2.75) is 58.8 Å². The van der Waals surface area contributed by atoms with Gasteiger partial charge in [0.05, 0.1) is 12.2 Å². The van der Waals surface area contributed by atoms with E-state index >= 15 is 0 Å². The molecule has 0 saturated carbocycles. The average Bonchev–Trinajstić information content (AvgIpc) is 2.03. The molecular weight excluding hydrogens is 162 g/mol. The fraction of sp³-hybridized carbons (Fsp3) is 1.00. The van der Waals surface area contributed by atoms with Crippen LogP contribution in [0.1, 0.15) is 40.5 Å². The predicted octanol–water partition coefficient (Wildman–Crippen LogP) is 2.28. The van der Waals surface area contributed by atoms with Gasteiger partial charge in [-0.05, 0) is 40.2 Å². The van der Waals surface area contributed by atoms with Crippen molar-refractivity contribution in [3.05, 3.63) is 0 Å². The average molecular weight is 185 g/mol. The number of rotatable bonds is 3. The number of nitrogens with zero attached hydrogens (tertiary/aromatic N) is 1. The molecule has 0 aromatic carbocycles. The summed E-state index contributed by atoms with van der Waals surface area (Å²) in [4.78, 5) is 2.53. The Bertz CT molecular complexity index is 147. The van der Waals surface area contributed by atoms with E-state index in [9.17, 15) is 0 Å². The van der Waals surface area contributed by atoms with E-state index in [2.05, 4.69) is 32.6 Å². The van der Waals surface area contributed by atoms with Crippen LogP contribution in [0.15, 0.2) is 0 Å². The van der Waals surface area contributed by atoms with E-state index in [1.54, 1.807) is 0 Å². The minimum absolute atomic E-state index is 0.380. The van der Waals surface area contributed by atoms with Gasteiger partial charge in [0, 0.05) is 12.6 Å². The molecule has 0 radical (unpaired) electrons. The molecule has 78 valence electrons. The Morgan fingerprint density at radius 3 is 2.62 bits per heavy atom. The third-order valence-corrected chi connectivity index (χ3v) is 2.84. The lowest BCUT2D eigenvalue weighted by molar-refractivity contribution is -0.0403. The van der Waals surface area contributed by atoms with E-state index in [0.717, 1.165) is 0 Å². The summed E-state index contributed by atoms with van der Waals surface area (Å²) >= 11 is 0. The maximum absolute atomic E-state index is 5.83. The first-order chi connectivity index (χ1) is 6.13. The van der Waals surface area contributed by atoms with Gasteiger partial charge in [-0.2, -0.15) is 0 Å². The lowest BCUT2D eigenvalue weighted by Gasteiger charge is -2.37. The summed E-state index contributed by atoms with van der Waals surface area (Å²) in [5.74, 6) is 0. The van der Waals surface area contributed by atoms with Crippen LogP contribution in [0.5, 0.6) is 0 Å². The van der Waals surface area contributed by atoms with E-state index < -0.39 is 0 Å². The molecule has 1 fully saturated rings. The van der Waals surface area contributed by atoms with Gasteiger partial charge in [0.15, 0.2) is 0 Å². The van der Waals surface area contributed by atoms with Crippen LogP contribution >= 0.6 is 0 Å². The monoisotopic (exact) mass is 185 g/mol. The maximum atomic E-state index is 5.83. The van der Waals surface area contributed by atoms with Crippen molar-refractivity contribution in [3.63, 3.8) is 0 Å². The molecule has 1 rings (SSSR count). The second-order valence-corrected chi connectivity index (χ2v) is 4.31. The highest BCUT2D eigenvalue weighted by Crippen LogP contribution is 2.20. The fourth-order valence-corrected chi connectivity index (χ4v) is 2.16. The zero-order chi connectivity index (χ0) is 9.84. The molecule has 1 saturated heterocycles. The molecule has 0 aliphatic carbocycles. The lowest BCUT2D eigenvalue weighted by Crippen LogP contribution is -2.43. The van der Waals surface area contributed by atoms with Crippen molar-refractivity contribution in [2.75, 3.05) is 13.1 Å². The first-order valence-electron chi connectivity index (χ1n) is 5.53. The third-order valence-electron chi connectivity index (χ3n) is 2.84. The zero-order valence-corrected chi connectivity index (χ0v) is 9.42. The molecule has 0 bridgehead atoms. The molecule has 2 atom stereocenters. The molecule has 2 heteroatoms. The van der Waals surface area contributed by atoms with E-state index in [4.69, 9.17) is 4.74 Å². The number of ether oxygens (including phenoxy) is 1. The van der Waals surface area contributed by atoms with Gasteiger partial charge in [0.2, 0.25) is 0 Å². The number of likely N-dealkylation sites (tertiary alicyclic amines) is 1.